The standard InChI is InChI=1S/C22H19N5O/c28-22(21(17-7-3-1-4-8-17)18-9-5-2-6-10-18)24-15-19-16-27(26-25-19)20-11-13-23-14-12-20/h1-14,16,21H,15H2,(H,24,28). The minimum Gasteiger partial charge on any atom is -0.349 e. The molecule has 0 saturated heterocycles. The molecule has 0 atom stereocenters. The van der Waals surface area contributed by atoms with E-state index in [1.807, 2.05) is 72.8 Å². The quantitative estimate of drug-likeness (QED) is 0.567. The summed E-state index contributed by atoms with van der Waals surface area (Å²) in [6, 6.07) is 23.2. The van der Waals surface area contributed by atoms with E-state index in [1.165, 1.54) is 0 Å². The van der Waals surface area contributed by atoms with Gasteiger partial charge in [0.2, 0.25) is 5.91 Å². The Morgan fingerprint density at radius 1 is 0.893 bits per heavy atom. The van der Waals surface area contributed by atoms with E-state index < -0.39 is 0 Å². The molecule has 0 aliphatic heterocycles. The molecule has 0 radical (unpaired) electrons. The Hall–Kier alpha value is -3.80. The highest BCUT2D eigenvalue weighted by Gasteiger charge is 2.22. The first-order valence-electron chi connectivity index (χ1n) is 9.00. The maximum atomic E-state index is 13.0. The van der Waals surface area contributed by atoms with Crippen LogP contribution >= 0.6 is 0 Å². The molecule has 0 aliphatic rings. The first kappa shape index (κ1) is 17.6. The molecule has 0 fully saturated rings. The zero-order chi connectivity index (χ0) is 19.2. The summed E-state index contributed by atoms with van der Waals surface area (Å²) in [5.74, 6) is -0.450. The second-order valence-corrected chi connectivity index (χ2v) is 6.33. The molecule has 0 saturated carbocycles. The maximum absolute atomic E-state index is 13.0. The van der Waals surface area contributed by atoms with Gasteiger partial charge < -0.3 is 5.32 Å². The highest BCUT2D eigenvalue weighted by atomic mass is 16.1. The van der Waals surface area contributed by atoms with Crippen molar-refractivity contribution in [2.75, 3.05) is 0 Å². The molecule has 2 aromatic heterocycles. The third-order valence-corrected chi connectivity index (χ3v) is 4.44. The van der Waals surface area contributed by atoms with E-state index in [4.69, 9.17) is 0 Å². The van der Waals surface area contributed by atoms with Crippen LogP contribution in [0, 0.1) is 0 Å². The summed E-state index contributed by atoms with van der Waals surface area (Å²) >= 11 is 0. The van der Waals surface area contributed by atoms with Crippen molar-refractivity contribution in [1.29, 1.82) is 0 Å². The lowest BCUT2D eigenvalue weighted by molar-refractivity contribution is -0.121. The van der Waals surface area contributed by atoms with E-state index in [0.29, 0.717) is 12.2 Å². The molecule has 1 amide bonds. The number of benzene rings is 2. The smallest absolute Gasteiger partial charge is 0.232 e. The van der Waals surface area contributed by atoms with E-state index in [1.54, 1.807) is 23.3 Å². The van der Waals surface area contributed by atoms with Gasteiger partial charge in [-0.05, 0) is 23.3 Å². The zero-order valence-corrected chi connectivity index (χ0v) is 15.1. The molecule has 2 heterocycles. The van der Waals surface area contributed by atoms with E-state index in [2.05, 4.69) is 20.6 Å². The summed E-state index contributed by atoms with van der Waals surface area (Å²) in [6.45, 7) is 0.306. The van der Waals surface area contributed by atoms with E-state index in [-0.39, 0.29) is 11.8 Å². The predicted octanol–water partition coefficient (Wildman–Crippen LogP) is 3.11. The summed E-state index contributed by atoms with van der Waals surface area (Å²) in [5, 5.41) is 11.3. The van der Waals surface area contributed by atoms with Gasteiger partial charge in [0.15, 0.2) is 0 Å². The fraction of sp³-hybridized carbons (Fsp3) is 0.0909. The SMILES string of the molecule is O=C(NCc1cn(-c2ccncc2)nn1)C(c1ccccc1)c1ccccc1. The Morgan fingerprint density at radius 2 is 1.50 bits per heavy atom. The molecule has 1 N–H and O–H groups in total. The number of carbonyl (C=O) groups is 1. The topological polar surface area (TPSA) is 72.7 Å². The van der Waals surface area contributed by atoms with Gasteiger partial charge >= 0.3 is 0 Å². The second-order valence-electron chi connectivity index (χ2n) is 6.33. The molecule has 4 aromatic rings. The highest BCUT2D eigenvalue weighted by molar-refractivity contribution is 5.87. The van der Waals surface area contributed by atoms with Crippen LogP contribution in [0.4, 0.5) is 0 Å². The second kappa shape index (κ2) is 8.26. The lowest BCUT2D eigenvalue weighted by Crippen LogP contribution is -2.29. The van der Waals surface area contributed by atoms with Crippen LogP contribution in [-0.4, -0.2) is 25.9 Å². The summed E-state index contributed by atoms with van der Waals surface area (Å²) in [7, 11) is 0. The highest BCUT2D eigenvalue weighted by Crippen LogP contribution is 2.24. The summed E-state index contributed by atoms with van der Waals surface area (Å²) in [5.41, 5.74) is 3.45. The molecular weight excluding hydrogens is 350 g/mol. The van der Waals surface area contributed by atoms with Gasteiger partial charge in [0, 0.05) is 12.4 Å². The van der Waals surface area contributed by atoms with Crippen LogP contribution in [0.3, 0.4) is 0 Å². The van der Waals surface area contributed by atoms with Gasteiger partial charge in [0.25, 0.3) is 0 Å². The van der Waals surface area contributed by atoms with Gasteiger partial charge in [-0.3, -0.25) is 9.78 Å². The van der Waals surface area contributed by atoms with Crippen LogP contribution in [0.25, 0.3) is 5.69 Å². The molecule has 4 rings (SSSR count). The Labute approximate surface area is 162 Å². The first-order valence-corrected chi connectivity index (χ1v) is 9.00. The first-order chi connectivity index (χ1) is 13.8. The number of nitrogens with one attached hydrogen (secondary N) is 1. The van der Waals surface area contributed by atoms with Crippen molar-refractivity contribution in [2.45, 2.75) is 12.5 Å². The number of aromatic nitrogens is 4. The van der Waals surface area contributed by atoms with Crippen LogP contribution in [0.2, 0.25) is 0 Å². The van der Waals surface area contributed by atoms with Crippen molar-refractivity contribution in [3.63, 3.8) is 0 Å². The third-order valence-electron chi connectivity index (χ3n) is 4.44. The number of nitrogens with zero attached hydrogens (tertiary/aromatic N) is 4. The Bertz CT molecular complexity index is 993. The molecular formula is C22H19N5O. The normalized spacial score (nSPS) is 10.8. The van der Waals surface area contributed by atoms with Gasteiger partial charge in [0.1, 0.15) is 5.69 Å². The zero-order valence-electron chi connectivity index (χ0n) is 15.1. The van der Waals surface area contributed by atoms with Gasteiger partial charge in [-0.25, -0.2) is 4.68 Å². The number of hydrogen-bond acceptors (Lipinski definition) is 4. The molecule has 138 valence electrons. The third kappa shape index (κ3) is 3.96. The predicted molar refractivity (Wildman–Crippen MR) is 106 cm³/mol. The van der Waals surface area contributed by atoms with Gasteiger partial charge in [-0.15, -0.1) is 5.10 Å². The average molecular weight is 369 g/mol. The number of pyridine rings is 1. The van der Waals surface area contributed by atoms with Crippen LogP contribution in [0.15, 0.2) is 91.4 Å². The number of amides is 1. The van der Waals surface area contributed by atoms with Gasteiger partial charge in [0.05, 0.1) is 24.3 Å². The summed E-state index contributed by atoms with van der Waals surface area (Å²) in [6.07, 6.45) is 5.20. The summed E-state index contributed by atoms with van der Waals surface area (Å²) < 4.78 is 1.66. The fourth-order valence-electron chi connectivity index (χ4n) is 3.07. The van der Waals surface area contributed by atoms with E-state index >= 15 is 0 Å². The van der Waals surface area contributed by atoms with Crippen molar-refractivity contribution in [1.82, 2.24) is 25.3 Å². The monoisotopic (exact) mass is 369 g/mol. The maximum Gasteiger partial charge on any atom is 0.232 e. The van der Waals surface area contributed by atoms with Crippen molar-refractivity contribution in [2.24, 2.45) is 0 Å². The van der Waals surface area contributed by atoms with E-state index in [0.717, 1.165) is 16.8 Å². The minimum atomic E-state index is -0.377. The van der Waals surface area contributed by atoms with E-state index in [9.17, 15) is 4.79 Å². The Kier molecular flexibility index (Phi) is 5.20. The molecule has 0 unspecified atom stereocenters. The molecule has 0 spiro atoms. The average Bonchev–Trinajstić information content (AvgIpc) is 3.24. The Balaban J connectivity index is 1.50. The number of rotatable bonds is 6. The van der Waals surface area contributed by atoms with Crippen molar-refractivity contribution >= 4 is 5.91 Å². The molecule has 0 aliphatic carbocycles. The van der Waals surface area contributed by atoms with Crippen molar-refractivity contribution < 1.29 is 4.79 Å². The van der Waals surface area contributed by atoms with Crippen LogP contribution < -0.4 is 5.32 Å². The molecule has 28 heavy (non-hydrogen) atoms. The molecule has 6 heteroatoms. The molecule has 0 bridgehead atoms. The fourth-order valence-corrected chi connectivity index (χ4v) is 3.07. The van der Waals surface area contributed by atoms with Crippen LogP contribution in [0.5, 0.6) is 0 Å². The summed E-state index contributed by atoms with van der Waals surface area (Å²) in [4.78, 5) is 17.0. The van der Waals surface area contributed by atoms with Crippen molar-refractivity contribution in [3.8, 4) is 5.69 Å². The largest absolute Gasteiger partial charge is 0.349 e. The van der Waals surface area contributed by atoms with Gasteiger partial charge in [-0.1, -0.05) is 65.9 Å². The lowest BCUT2D eigenvalue weighted by Gasteiger charge is -2.17. The van der Waals surface area contributed by atoms with Crippen molar-refractivity contribution in [3.05, 3.63) is 108 Å². The lowest BCUT2D eigenvalue weighted by atomic mass is 9.90. The Morgan fingerprint density at radius 3 is 2.11 bits per heavy atom. The molecule has 6 nitrogen and oxygen atoms in total. The van der Waals surface area contributed by atoms with Crippen LogP contribution in [0.1, 0.15) is 22.7 Å². The minimum absolute atomic E-state index is 0.0733. The number of hydrogen-bond donors (Lipinski definition) is 1. The number of carbonyl (C=O) groups excluding carboxylic acids is 1. The molecule has 2 aromatic carbocycles. The van der Waals surface area contributed by atoms with Crippen LogP contribution in [-0.2, 0) is 11.3 Å². The van der Waals surface area contributed by atoms with Gasteiger partial charge in [-0.2, -0.15) is 0 Å².